The van der Waals surface area contributed by atoms with Crippen molar-refractivity contribution in [2.45, 2.75) is 19.8 Å². The molecule has 5 nitrogen and oxygen atoms in total. The molecule has 0 aromatic carbocycles. The fraction of sp³-hybridized carbons (Fsp3) is 1.00. The van der Waals surface area contributed by atoms with Gasteiger partial charge in [0.15, 0.2) is 0 Å². The van der Waals surface area contributed by atoms with Crippen LogP contribution in [0.2, 0.25) is 0 Å². The van der Waals surface area contributed by atoms with Gasteiger partial charge in [0.05, 0.1) is 0 Å². The van der Waals surface area contributed by atoms with Crippen LogP contribution in [-0.4, -0.2) is 32.8 Å². The number of hydrogen-bond acceptors (Lipinski definition) is 5. The molecule has 0 amide bonds. The zero-order valence-corrected chi connectivity index (χ0v) is 12.6. The van der Waals surface area contributed by atoms with Crippen LogP contribution in [-0.2, 0) is 13.6 Å². The van der Waals surface area contributed by atoms with Crippen molar-refractivity contribution in [1.29, 1.82) is 0 Å². The Kier molecular flexibility index (Phi) is 18.2. The summed E-state index contributed by atoms with van der Waals surface area (Å²) in [5, 5.41) is 3.02. The molecule has 0 aromatic heterocycles. The molecule has 0 heterocycles. The van der Waals surface area contributed by atoms with Crippen LogP contribution in [0.25, 0.3) is 0 Å². The van der Waals surface area contributed by atoms with Crippen LogP contribution in [0.1, 0.15) is 21.2 Å². The van der Waals surface area contributed by atoms with E-state index in [4.69, 9.17) is 14.8 Å². The third-order valence-electron chi connectivity index (χ3n) is 1.49. The van der Waals surface area contributed by atoms with Crippen molar-refractivity contribution >= 4 is 8.25 Å². The Morgan fingerprint density at radius 3 is 2.60 bits per heavy atom. The first-order valence-electron chi connectivity index (χ1n) is 4.95. The van der Waals surface area contributed by atoms with E-state index in [0.29, 0.717) is 26.3 Å². The fourth-order valence-corrected chi connectivity index (χ4v) is 1.33. The average molecular weight is 247 g/mol. The molecule has 0 fully saturated rings. The minimum absolute atomic E-state index is 0. The molecule has 0 rings (SSSR count). The molecule has 86 valence electrons. The molecule has 15 heavy (non-hydrogen) atoms. The number of nitrogens with two attached hydrogens (primary N) is 1. The molecule has 7 heteroatoms. The summed E-state index contributed by atoms with van der Waals surface area (Å²) in [6.07, 6.45) is 1.94. The smallest absolute Gasteiger partial charge is 1.00 e. The van der Waals surface area contributed by atoms with Gasteiger partial charge in [0.2, 0.25) is 0 Å². The summed E-state index contributed by atoms with van der Waals surface area (Å²) in [5.41, 5.74) is 5.27. The molecule has 0 saturated heterocycles. The van der Waals surface area contributed by atoms with Gasteiger partial charge in [0.25, 0.3) is 0 Å². The molecule has 0 aliphatic rings. The molecule has 1 unspecified atom stereocenters. The van der Waals surface area contributed by atoms with E-state index < -0.39 is 8.25 Å². The van der Waals surface area contributed by atoms with Gasteiger partial charge in [-0.25, -0.2) is 0 Å². The Morgan fingerprint density at radius 1 is 1.33 bits per heavy atom. The van der Waals surface area contributed by atoms with Crippen LogP contribution in [0.4, 0.5) is 0 Å². The standard InChI is InChI=1S/C8H20N2O3P.Na.H/c1-2-3-7-12-14(11)13-8-6-10-5-4-9;;/h10H,2-9H2,1H3;;/q2*+1;-1. The van der Waals surface area contributed by atoms with E-state index in [0.717, 1.165) is 19.4 Å². The second-order valence-corrected chi connectivity index (χ2v) is 3.75. The number of hydrogen-bond donors (Lipinski definition) is 2. The van der Waals surface area contributed by atoms with Crippen LogP contribution >= 0.6 is 8.25 Å². The molecule has 0 bridgehead atoms. The normalized spacial score (nSPS) is 10.9. The van der Waals surface area contributed by atoms with Gasteiger partial charge in [-0.15, -0.1) is 9.05 Å². The molecule has 0 aromatic rings. The van der Waals surface area contributed by atoms with Gasteiger partial charge in [-0.3, -0.25) is 0 Å². The quantitative estimate of drug-likeness (QED) is 0.269. The van der Waals surface area contributed by atoms with Gasteiger partial charge >= 0.3 is 37.8 Å². The summed E-state index contributed by atoms with van der Waals surface area (Å²) >= 11 is 0. The van der Waals surface area contributed by atoms with Crippen LogP contribution in [0, 0.1) is 0 Å². The van der Waals surface area contributed by atoms with Crippen molar-refractivity contribution in [2.75, 3.05) is 32.8 Å². The zero-order chi connectivity index (χ0) is 10.6. The molecule has 0 spiro atoms. The minimum atomic E-state index is -1.93. The molecule has 0 aliphatic heterocycles. The Balaban J connectivity index is -0.000000845. The predicted octanol–water partition coefficient (Wildman–Crippen LogP) is -1.86. The van der Waals surface area contributed by atoms with E-state index in [1.807, 2.05) is 6.92 Å². The molecular weight excluding hydrogens is 226 g/mol. The minimum Gasteiger partial charge on any atom is -1.00 e. The maximum atomic E-state index is 11.0. The van der Waals surface area contributed by atoms with Crippen LogP contribution < -0.4 is 40.6 Å². The first kappa shape index (κ1) is 18.3. The van der Waals surface area contributed by atoms with Gasteiger partial charge in [0.1, 0.15) is 13.2 Å². The van der Waals surface area contributed by atoms with Gasteiger partial charge in [-0.2, -0.15) is 0 Å². The molecule has 0 radical (unpaired) electrons. The predicted molar refractivity (Wildman–Crippen MR) is 57.5 cm³/mol. The van der Waals surface area contributed by atoms with Gasteiger partial charge in [-0.05, 0) is 6.42 Å². The molecule has 0 aliphatic carbocycles. The van der Waals surface area contributed by atoms with E-state index in [-0.39, 0.29) is 31.0 Å². The van der Waals surface area contributed by atoms with Crippen molar-refractivity contribution < 1.29 is 44.6 Å². The van der Waals surface area contributed by atoms with E-state index in [1.165, 1.54) is 0 Å². The Bertz CT molecular complexity index is 157. The molecular formula is C8H21N2NaO3P+. The van der Waals surface area contributed by atoms with Crippen LogP contribution in [0.3, 0.4) is 0 Å². The number of nitrogens with one attached hydrogen (secondary N) is 1. The summed E-state index contributed by atoms with van der Waals surface area (Å²) in [4.78, 5) is 0. The monoisotopic (exact) mass is 247 g/mol. The van der Waals surface area contributed by atoms with E-state index in [2.05, 4.69) is 5.32 Å². The van der Waals surface area contributed by atoms with E-state index in [1.54, 1.807) is 0 Å². The second kappa shape index (κ2) is 14.9. The average Bonchev–Trinajstić information content (AvgIpc) is 2.18. The molecule has 1 atom stereocenters. The third-order valence-corrected chi connectivity index (χ3v) is 2.28. The summed E-state index contributed by atoms with van der Waals surface area (Å²) in [6, 6.07) is 0. The number of rotatable bonds is 10. The topological polar surface area (TPSA) is 73.6 Å². The Morgan fingerprint density at radius 2 is 2.00 bits per heavy atom. The Labute approximate surface area is 116 Å². The first-order chi connectivity index (χ1) is 6.81. The first-order valence-corrected chi connectivity index (χ1v) is 6.04. The number of unbranched alkanes of at least 4 members (excludes halogenated alkanes) is 1. The van der Waals surface area contributed by atoms with Gasteiger partial charge in [0, 0.05) is 24.2 Å². The largest absolute Gasteiger partial charge is 1.00 e. The van der Waals surface area contributed by atoms with E-state index in [9.17, 15) is 4.57 Å². The van der Waals surface area contributed by atoms with Gasteiger partial charge in [-0.1, -0.05) is 13.3 Å². The maximum absolute atomic E-state index is 11.0. The molecule has 0 saturated carbocycles. The summed E-state index contributed by atoms with van der Waals surface area (Å²) < 4.78 is 20.8. The van der Waals surface area contributed by atoms with Crippen molar-refractivity contribution in [3.8, 4) is 0 Å². The molecule has 3 N–H and O–H groups in total. The fourth-order valence-electron chi connectivity index (χ4n) is 0.740. The summed E-state index contributed by atoms with van der Waals surface area (Å²) in [7, 11) is -1.93. The zero-order valence-electron chi connectivity index (χ0n) is 10.7. The Hall–Kier alpha value is 0.940. The van der Waals surface area contributed by atoms with Crippen LogP contribution in [0.15, 0.2) is 0 Å². The van der Waals surface area contributed by atoms with Crippen molar-refractivity contribution in [3.63, 3.8) is 0 Å². The second-order valence-electron chi connectivity index (χ2n) is 2.78. The van der Waals surface area contributed by atoms with Crippen molar-refractivity contribution in [3.05, 3.63) is 0 Å². The van der Waals surface area contributed by atoms with Crippen LogP contribution in [0.5, 0.6) is 0 Å². The van der Waals surface area contributed by atoms with Crippen molar-refractivity contribution in [2.24, 2.45) is 5.73 Å². The van der Waals surface area contributed by atoms with E-state index >= 15 is 0 Å². The van der Waals surface area contributed by atoms with Crippen molar-refractivity contribution in [1.82, 2.24) is 5.32 Å². The summed E-state index contributed by atoms with van der Waals surface area (Å²) in [5.74, 6) is 0. The summed E-state index contributed by atoms with van der Waals surface area (Å²) in [6.45, 7) is 4.93. The third kappa shape index (κ3) is 14.9. The maximum Gasteiger partial charge on any atom is 1.00 e. The SMILES string of the molecule is CCCCO[P+](=O)OCCNCCN.[H-].[Na+]. The van der Waals surface area contributed by atoms with Gasteiger partial charge < -0.3 is 12.5 Å².